The van der Waals surface area contributed by atoms with E-state index in [9.17, 15) is 14.0 Å². The second kappa shape index (κ2) is 14.9. The third kappa shape index (κ3) is 7.36. The number of pyridine rings is 1. The highest BCUT2D eigenvalue weighted by atomic mass is 19.1. The van der Waals surface area contributed by atoms with Gasteiger partial charge in [-0.15, -0.1) is 0 Å². The summed E-state index contributed by atoms with van der Waals surface area (Å²) in [6.45, 7) is 3.78. The van der Waals surface area contributed by atoms with Crippen molar-refractivity contribution in [1.29, 1.82) is 0 Å². The van der Waals surface area contributed by atoms with E-state index in [0.717, 1.165) is 32.1 Å². The number of anilines is 1. The summed E-state index contributed by atoms with van der Waals surface area (Å²) >= 11 is 0. The van der Waals surface area contributed by atoms with Gasteiger partial charge in [-0.25, -0.2) is 13.8 Å². The fourth-order valence-corrected chi connectivity index (χ4v) is 6.24. The Balaban J connectivity index is 1.08. The zero-order valence-electron chi connectivity index (χ0n) is 27.9. The van der Waals surface area contributed by atoms with Crippen molar-refractivity contribution in [2.24, 2.45) is 0 Å². The van der Waals surface area contributed by atoms with E-state index in [1.54, 1.807) is 55.8 Å². The monoisotopic (exact) mass is 691 g/mol. The molecule has 0 radical (unpaired) electrons. The number of hydrogen-bond acceptors (Lipinski definition) is 8. The van der Waals surface area contributed by atoms with E-state index in [1.807, 2.05) is 0 Å². The number of rotatable bonds is 11. The first-order chi connectivity index (χ1) is 24.9. The molecule has 10 nitrogen and oxygen atoms in total. The number of methoxy groups -OCH3 is 1. The second-order valence-electron chi connectivity index (χ2n) is 12.2. The molecule has 0 bridgehead atoms. The van der Waals surface area contributed by atoms with Crippen molar-refractivity contribution in [2.45, 2.75) is 25.7 Å². The number of fused-ring (bicyclic) bond motifs is 2. The van der Waals surface area contributed by atoms with Crippen LogP contribution in [-0.4, -0.2) is 58.7 Å². The van der Waals surface area contributed by atoms with Gasteiger partial charge in [0.25, 0.3) is 11.5 Å². The van der Waals surface area contributed by atoms with Crippen LogP contribution < -0.4 is 25.1 Å². The van der Waals surface area contributed by atoms with Crippen LogP contribution in [0, 0.1) is 11.6 Å². The van der Waals surface area contributed by atoms with Gasteiger partial charge in [0.05, 0.1) is 30.3 Å². The fraction of sp³-hybridized carbons (Fsp3) is 0.231. The average Bonchev–Trinajstić information content (AvgIpc) is 3.15. The maximum Gasteiger partial charge on any atom is 0.287 e. The van der Waals surface area contributed by atoms with E-state index in [1.165, 1.54) is 60.2 Å². The number of amides is 1. The van der Waals surface area contributed by atoms with Gasteiger partial charge in [0.1, 0.15) is 11.6 Å². The van der Waals surface area contributed by atoms with Crippen molar-refractivity contribution in [1.82, 2.24) is 19.4 Å². The number of carbonyl (C=O) groups is 1. The van der Waals surface area contributed by atoms with Crippen LogP contribution in [0.25, 0.3) is 27.6 Å². The molecule has 1 aliphatic rings. The van der Waals surface area contributed by atoms with Crippen molar-refractivity contribution >= 4 is 33.5 Å². The summed E-state index contributed by atoms with van der Waals surface area (Å²) in [6, 6.07) is 21.2. The molecular weight excluding hydrogens is 656 g/mol. The summed E-state index contributed by atoms with van der Waals surface area (Å²) < 4.78 is 48.1. The number of nitrogens with zero attached hydrogens (tertiary/aromatic N) is 4. The van der Waals surface area contributed by atoms with Gasteiger partial charge in [0.15, 0.2) is 28.8 Å². The summed E-state index contributed by atoms with van der Waals surface area (Å²) in [5.41, 5.74) is 0.690. The third-order valence-corrected chi connectivity index (χ3v) is 8.78. The minimum Gasteiger partial charge on any atom is -0.493 e. The number of halogens is 2. The average molecular weight is 692 g/mol. The van der Waals surface area contributed by atoms with Crippen LogP contribution in [0.3, 0.4) is 0 Å². The number of aromatic nitrogens is 3. The first-order valence-corrected chi connectivity index (χ1v) is 16.8. The van der Waals surface area contributed by atoms with Crippen molar-refractivity contribution in [3.8, 4) is 28.7 Å². The lowest BCUT2D eigenvalue weighted by Crippen LogP contribution is -2.31. The molecule has 260 valence electrons. The van der Waals surface area contributed by atoms with Crippen LogP contribution in [-0.2, 0) is 0 Å². The number of nitrogens with one attached hydrogen (secondary N) is 1. The largest absolute Gasteiger partial charge is 0.493 e. The Morgan fingerprint density at radius 2 is 1.67 bits per heavy atom. The van der Waals surface area contributed by atoms with E-state index in [-0.39, 0.29) is 11.4 Å². The van der Waals surface area contributed by atoms with Crippen LogP contribution in [0.15, 0.2) is 95.9 Å². The number of ether oxygens (including phenoxy) is 3. The number of piperidine rings is 1. The zero-order valence-corrected chi connectivity index (χ0v) is 27.9. The first-order valence-electron chi connectivity index (χ1n) is 16.8. The van der Waals surface area contributed by atoms with Crippen molar-refractivity contribution in [3.05, 3.63) is 119 Å². The van der Waals surface area contributed by atoms with Crippen molar-refractivity contribution in [2.75, 3.05) is 38.7 Å². The molecule has 12 heteroatoms. The number of para-hydroxylation sites is 2. The molecule has 1 saturated heterocycles. The van der Waals surface area contributed by atoms with Crippen molar-refractivity contribution < 1.29 is 27.8 Å². The predicted molar refractivity (Wildman–Crippen MR) is 190 cm³/mol. The topological polar surface area (TPSA) is 108 Å². The Bertz CT molecular complexity index is 2270. The Morgan fingerprint density at radius 3 is 2.45 bits per heavy atom. The van der Waals surface area contributed by atoms with Gasteiger partial charge in [-0.1, -0.05) is 18.6 Å². The van der Waals surface area contributed by atoms with Crippen LogP contribution >= 0.6 is 0 Å². The van der Waals surface area contributed by atoms with Crippen LogP contribution in [0.2, 0.25) is 0 Å². The minimum atomic E-state index is -0.841. The molecule has 3 heterocycles. The van der Waals surface area contributed by atoms with E-state index >= 15 is 4.39 Å². The van der Waals surface area contributed by atoms with Gasteiger partial charge in [0, 0.05) is 41.6 Å². The van der Waals surface area contributed by atoms with Crippen LogP contribution in [0.4, 0.5) is 14.5 Å². The Morgan fingerprint density at radius 1 is 0.863 bits per heavy atom. The fourth-order valence-electron chi connectivity index (χ4n) is 6.24. The minimum absolute atomic E-state index is 0.0795. The quantitative estimate of drug-likeness (QED) is 0.139. The normalized spacial score (nSPS) is 13.3. The summed E-state index contributed by atoms with van der Waals surface area (Å²) in [4.78, 5) is 38.1. The highest BCUT2D eigenvalue weighted by Gasteiger charge is 2.20. The molecule has 1 aliphatic heterocycles. The Kier molecular flexibility index (Phi) is 9.84. The predicted octanol–water partition coefficient (Wildman–Crippen LogP) is 7.52. The lowest BCUT2D eigenvalue weighted by atomic mass is 10.1. The van der Waals surface area contributed by atoms with E-state index in [2.05, 4.69) is 20.2 Å². The first kappa shape index (κ1) is 33.6. The van der Waals surface area contributed by atoms with E-state index in [4.69, 9.17) is 14.2 Å². The summed E-state index contributed by atoms with van der Waals surface area (Å²) in [5.74, 6) is -0.766. The molecule has 4 aromatic carbocycles. The molecule has 6 aromatic rings. The van der Waals surface area contributed by atoms with Crippen LogP contribution in [0.5, 0.6) is 23.0 Å². The molecule has 1 fully saturated rings. The van der Waals surface area contributed by atoms with E-state index in [0.29, 0.717) is 51.5 Å². The van der Waals surface area contributed by atoms with Gasteiger partial charge in [-0.05, 0) is 93.0 Å². The number of hydrogen-bond donors (Lipinski definition) is 1. The lowest BCUT2D eigenvalue weighted by Gasteiger charge is -2.26. The highest BCUT2D eigenvalue weighted by molar-refractivity contribution is 6.03. The molecule has 51 heavy (non-hydrogen) atoms. The summed E-state index contributed by atoms with van der Waals surface area (Å²) in [7, 11) is 1.55. The molecule has 1 N–H and O–H groups in total. The third-order valence-electron chi connectivity index (χ3n) is 8.78. The zero-order chi connectivity index (χ0) is 35.3. The van der Waals surface area contributed by atoms with Crippen LogP contribution in [0.1, 0.15) is 36.2 Å². The molecule has 0 unspecified atom stereocenters. The Hall–Kier alpha value is -5.88. The summed E-state index contributed by atoms with van der Waals surface area (Å²) in [6.07, 6.45) is 6.24. The van der Waals surface area contributed by atoms with Gasteiger partial charge in [-0.3, -0.25) is 19.1 Å². The van der Waals surface area contributed by atoms with Gasteiger partial charge < -0.3 is 24.4 Å². The van der Waals surface area contributed by atoms with Gasteiger partial charge >= 0.3 is 0 Å². The smallest absolute Gasteiger partial charge is 0.287 e. The summed E-state index contributed by atoms with van der Waals surface area (Å²) in [5, 5.41) is 3.15. The molecule has 0 spiro atoms. The molecular formula is C39H35F2N5O5. The Labute approximate surface area is 292 Å². The molecule has 2 aromatic heterocycles. The number of likely N-dealkylation sites (tertiary alicyclic amines) is 1. The molecule has 7 rings (SSSR count). The highest BCUT2D eigenvalue weighted by Crippen LogP contribution is 2.38. The maximum atomic E-state index is 15.5. The second-order valence-corrected chi connectivity index (χ2v) is 12.2. The molecule has 1 amide bonds. The van der Waals surface area contributed by atoms with Gasteiger partial charge in [0.2, 0.25) is 0 Å². The van der Waals surface area contributed by atoms with E-state index < -0.39 is 28.8 Å². The standard InChI is InChI=1S/C39H35F2N5O5/c1-49-35-23-28-31(24-36(35)50-21-7-20-45-18-5-2-6-19-45)42-17-16-33(28)51-34-15-12-26(22-29(34)41)43-38(47)37-39(48)46(27-13-10-25(40)11-14-27)32-9-4-3-8-30(32)44-37/h3-4,8-17,22-24H,2,5-7,18-21H2,1H3,(H,43,47). The van der Waals surface area contributed by atoms with Gasteiger partial charge in [-0.2, -0.15) is 0 Å². The molecule has 0 atom stereocenters. The van der Waals surface area contributed by atoms with Crippen molar-refractivity contribution in [3.63, 3.8) is 0 Å². The number of carbonyl (C=O) groups excluding carboxylic acids is 1. The lowest BCUT2D eigenvalue weighted by molar-refractivity contribution is 0.102. The SMILES string of the molecule is COc1cc2c(Oc3ccc(NC(=O)c4nc5ccccc5n(-c5ccc(F)cc5)c4=O)cc3F)ccnc2cc1OCCCN1CCCCC1. The number of benzene rings is 4. The molecule has 0 aliphatic carbocycles. The molecule has 0 saturated carbocycles. The maximum absolute atomic E-state index is 15.5.